The Morgan fingerprint density at radius 3 is 2.54 bits per heavy atom. The van der Waals surface area contributed by atoms with Gasteiger partial charge in [-0.1, -0.05) is 54.6 Å². The van der Waals surface area contributed by atoms with Gasteiger partial charge in [-0.25, -0.2) is 0 Å². The van der Waals surface area contributed by atoms with E-state index in [9.17, 15) is 4.79 Å². The van der Waals surface area contributed by atoms with Crippen LogP contribution in [0.15, 0.2) is 67.0 Å². The molecule has 0 saturated carbocycles. The van der Waals surface area contributed by atoms with Crippen LogP contribution in [0, 0.1) is 6.92 Å². The lowest BCUT2D eigenvalue weighted by Crippen LogP contribution is -2.30. The van der Waals surface area contributed by atoms with Crippen LogP contribution in [-0.4, -0.2) is 34.6 Å². The first kappa shape index (κ1) is 17.9. The van der Waals surface area contributed by atoms with Crippen LogP contribution < -0.4 is 0 Å². The van der Waals surface area contributed by atoms with Crippen molar-refractivity contribution in [2.75, 3.05) is 13.6 Å². The van der Waals surface area contributed by atoms with Gasteiger partial charge in [0.2, 0.25) is 5.91 Å². The van der Waals surface area contributed by atoms with E-state index in [4.69, 9.17) is 0 Å². The van der Waals surface area contributed by atoms with Crippen molar-refractivity contribution < 1.29 is 4.79 Å². The van der Waals surface area contributed by atoms with Gasteiger partial charge >= 0.3 is 0 Å². The average molecular weight is 347 g/mol. The molecular weight excluding hydrogens is 322 g/mol. The SMILES string of the molecule is Cc1ccccc1[C@@H](CC(=O)N(C)CCc1cn[nH]c1)c1ccccc1. The standard InChI is InChI=1S/C22H25N3O/c1-17-8-6-7-11-20(17)21(19-9-4-3-5-10-19)14-22(26)25(2)13-12-18-15-23-24-16-18/h3-11,15-16,21H,12-14H2,1-2H3,(H,23,24)/t21-/m0/s1. The molecule has 1 aromatic heterocycles. The lowest BCUT2D eigenvalue weighted by molar-refractivity contribution is -0.130. The molecule has 4 heteroatoms. The number of likely N-dealkylation sites (N-methyl/N-ethyl adjacent to an activating group) is 1. The number of nitrogens with zero attached hydrogens (tertiary/aromatic N) is 2. The van der Waals surface area contributed by atoms with E-state index in [-0.39, 0.29) is 11.8 Å². The first-order valence-corrected chi connectivity index (χ1v) is 8.97. The Balaban J connectivity index is 1.75. The molecule has 134 valence electrons. The first-order valence-electron chi connectivity index (χ1n) is 8.97. The third kappa shape index (κ3) is 4.39. The van der Waals surface area contributed by atoms with Crippen LogP contribution in [-0.2, 0) is 11.2 Å². The molecule has 0 spiro atoms. The second-order valence-electron chi connectivity index (χ2n) is 6.70. The molecule has 1 atom stereocenters. The molecule has 3 aromatic rings. The molecule has 0 unspecified atom stereocenters. The molecule has 1 N–H and O–H groups in total. The maximum Gasteiger partial charge on any atom is 0.223 e. The molecule has 0 bridgehead atoms. The van der Waals surface area contributed by atoms with E-state index in [2.05, 4.69) is 41.4 Å². The number of rotatable bonds is 7. The van der Waals surface area contributed by atoms with E-state index < -0.39 is 0 Å². The Kier molecular flexibility index (Phi) is 5.84. The van der Waals surface area contributed by atoms with Crippen molar-refractivity contribution in [2.45, 2.75) is 25.7 Å². The summed E-state index contributed by atoms with van der Waals surface area (Å²) in [6, 6.07) is 18.6. The molecule has 4 nitrogen and oxygen atoms in total. The van der Waals surface area contributed by atoms with Gasteiger partial charge in [0.05, 0.1) is 6.20 Å². The fourth-order valence-corrected chi connectivity index (χ4v) is 3.24. The highest BCUT2D eigenvalue weighted by atomic mass is 16.2. The maximum atomic E-state index is 12.9. The second kappa shape index (κ2) is 8.48. The van der Waals surface area contributed by atoms with E-state index in [1.54, 1.807) is 6.20 Å². The predicted molar refractivity (Wildman–Crippen MR) is 104 cm³/mol. The largest absolute Gasteiger partial charge is 0.345 e. The third-order valence-corrected chi connectivity index (χ3v) is 4.86. The van der Waals surface area contributed by atoms with E-state index in [0.29, 0.717) is 13.0 Å². The van der Waals surface area contributed by atoms with Crippen molar-refractivity contribution >= 4 is 5.91 Å². The third-order valence-electron chi connectivity index (χ3n) is 4.86. The van der Waals surface area contributed by atoms with E-state index >= 15 is 0 Å². The summed E-state index contributed by atoms with van der Waals surface area (Å²) in [5.41, 5.74) is 4.73. The van der Waals surface area contributed by atoms with Gasteiger partial charge in [0.15, 0.2) is 0 Å². The van der Waals surface area contributed by atoms with Crippen LogP contribution in [0.1, 0.15) is 34.6 Å². The van der Waals surface area contributed by atoms with Crippen LogP contribution in [0.2, 0.25) is 0 Å². The number of hydrogen-bond donors (Lipinski definition) is 1. The second-order valence-corrected chi connectivity index (χ2v) is 6.70. The Bertz CT molecular complexity index is 828. The summed E-state index contributed by atoms with van der Waals surface area (Å²) in [4.78, 5) is 14.7. The van der Waals surface area contributed by atoms with Gasteiger partial charge in [-0.2, -0.15) is 5.10 Å². The van der Waals surface area contributed by atoms with E-state index in [1.165, 1.54) is 16.7 Å². The topological polar surface area (TPSA) is 49.0 Å². The molecule has 1 heterocycles. The van der Waals surface area contributed by atoms with Crippen molar-refractivity contribution in [1.82, 2.24) is 15.1 Å². The van der Waals surface area contributed by atoms with Gasteiger partial charge < -0.3 is 4.90 Å². The van der Waals surface area contributed by atoms with Crippen molar-refractivity contribution in [3.05, 3.63) is 89.2 Å². The van der Waals surface area contributed by atoms with Crippen molar-refractivity contribution in [3.63, 3.8) is 0 Å². The Morgan fingerprint density at radius 1 is 1.12 bits per heavy atom. The van der Waals surface area contributed by atoms with Crippen molar-refractivity contribution in [2.24, 2.45) is 0 Å². The fraction of sp³-hybridized carbons (Fsp3) is 0.273. The molecule has 3 rings (SSSR count). The maximum absolute atomic E-state index is 12.9. The molecule has 0 radical (unpaired) electrons. The molecule has 0 aliphatic carbocycles. The van der Waals surface area contributed by atoms with Gasteiger partial charge in [-0.05, 0) is 35.6 Å². The monoisotopic (exact) mass is 347 g/mol. The highest BCUT2D eigenvalue weighted by molar-refractivity contribution is 5.77. The summed E-state index contributed by atoms with van der Waals surface area (Å²) in [5, 5.41) is 6.76. The van der Waals surface area contributed by atoms with E-state index in [1.807, 2.05) is 48.5 Å². The summed E-state index contributed by atoms with van der Waals surface area (Å²) in [5.74, 6) is 0.229. The summed E-state index contributed by atoms with van der Waals surface area (Å²) < 4.78 is 0. The van der Waals surface area contributed by atoms with Crippen molar-refractivity contribution in [1.29, 1.82) is 0 Å². The first-order chi connectivity index (χ1) is 12.6. The number of aromatic nitrogens is 2. The minimum Gasteiger partial charge on any atom is -0.345 e. The molecule has 0 saturated heterocycles. The van der Waals surface area contributed by atoms with E-state index in [0.717, 1.165) is 12.0 Å². The van der Waals surface area contributed by atoms with Gasteiger partial charge in [0.25, 0.3) is 0 Å². The Hall–Kier alpha value is -2.88. The fourth-order valence-electron chi connectivity index (χ4n) is 3.24. The van der Waals surface area contributed by atoms with Gasteiger partial charge in [0.1, 0.15) is 0 Å². The normalized spacial score (nSPS) is 11.9. The molecule has 1 amide bonds. The van der Waals surface area contributed by atoms with Crippen LogP contribution in [0.3, 0.4) is 0 Å². The number of hydrogen-bond acceptors (Lipinski definition) is 2. The average Bonchev–Trinajstić information content (AvgIpc) is 3.19. The van der Waals surface area contributed by atoms with Crippen LogP contribution >= 0.6 is 0 Å². The van der Waals surface area contributed by atoms with Crippen LogP contribution in [0.5, 0.6) is 0 Å². The summed E-state index contributed by atoms with van der Waals surface area (Å²) in [6.45, 7) is 2.80. The van der Waals surface area contributed by atoms with Gasteiger partial charge in [0, 0.05) is 32.1 Å². The quantitative estimate of drug-likeness (QED) is 0.704. The predicted octanol–water partition coefficient (Wildman–Crippen LogP) is 3.94. The lowest BCUT2D eigenvalue weighted by Gasteiger charge is -2.23. The number of aryl methyl sites for hydroxylation is 1. The number of aromatic amines is 1. The summed E-state index contributed by atoms with van der Waals surface area (Å²) >= 11 is 0. The Labute approximate surface area is 154 Å². The number of carbonyl (C=O) groups excluding carboxylic acids is 1. The van der Waals surface area contributed by atoms with Crippen LogP contribution in [0.4, 0.5) is 0 Å². The van der Waals surface area contributed by atoms with Gasteiger partial charge in [-0.15, -0.1) is 0 Å². The molecule has 2 aromatic carbocycles. The van der Waals surface area contributed by atoms with Crippen molar-refractivity contribution in [3.8, 4) is 0 Å². The zero-order chi connectivity index (χ0) is 18.4. The minimum atomic E-state index is 0.0706. The lowest BCUT2D eigenvalue weighted by atomic mass is 9.85. The number of H-pyrrole nitrogens is 1. The zero-order valence-corrected chi connectivity index (χ0v) is 15.4. The zero-order valence-electron chi connectivity index (χ0n) is 15.4. The number of carbonyl (C=O) groups is 1. The number of nitrogens with one attached hydrogen (secondary N) is 1. The molecular formula is C22H25N3O. The minimum absolute atomic E-state index is 0.0706. The molecule has 0 aliphatic rings. The molecule has 0 fully saturated rings. The summed E-state index contributed by atoms with van der Waals surface area (Å²) in [7, 11) is 1.88. The smallest absolute Gasteiger partial charge is 0.223 e. The number of benzene rings is 2. The number of amides is 1. The molecule has 0 aliphatic heterocycles. The Morgan fingerprint density at radius 2 is 1.85 bits per heavy atom. The van der Waals surface area contributed by atoms with Gasteiger partial charge in [-0.3, -0.25) is 9.89 Å². The highest BCUT2D eigenvalue weighted by Gasteiger charge is 2.21. The summed E-state index contributed by atoms with van der Waals surface area (Å²) in [6.07, 6.45) is 4.95. The molecule has 26 heavy (non-hydrogen) atoms. The van der Waals surface area contributed by atoms with Crippen LogP contribution in [0.25, 0.3) is 0 Å². The highest BCUT2D eigenvalue weighted by Crippen LogP contribution is 2.30.